The standard InChI is InChI=1S/C17H16F3N3O/c1-11-13(4-5-15(22-11)17(18,19)20)16(24)23-10-2-3-14(23)12-6-8-21-9-7-12/h4-9,14H,2-3,10H2,1H3. The van der Waals surface area contributed by atoms with Gasteiger partial charge in [0.05, 0.1) is 17.3 Å². The number of alkyl halides is 3. The first-order valence-corrected chi connectivity index (χ1v) is 7.63. The zero-order valence-electron chi connectivity index (χ0n) is 13.0. The van der Waals surface area contributed by atoms with Gasteiger partial charge in [-0.3, -0.25) is 9.78 Å². The van der Waals surface area contributed by atoms with Crippen molar-refractivity contribution in [1.82, 2.24) is 14.9 Å². The lowest BCUT2D eigenvalue weighted by Crippen LogP contribution is -2.31. The predicted molar refractivity (Wildman–Crippen MR) is 81.2 cm³/mol. The van der Waals surface area contributed by atoms with Gasteiger partial charge in [0.15, 0.2) is 0 Å². The molecule has 0 aliphatic carbocycles. The molecule has 0 N–H and O–H groups in total. The van der Waals surface area contributed by atoms with Crippen molar-refractivity contribution >= 4 is 5.91 Å². The van der Waals surface area contributed by atoms with Gasteiger partial charge >= 0.3 is 6.18 Å². The summed E-state index contributed by atoms with van der Waals surface area (Å²) in [4.78, 5) is 22.0. The third-order valence-corrected chi connectivity index (χ3v) is 4.21. The van der Waals surface area contributed by atoms with Crippen LogP contribution in [0.5, 0.6) is 0 Å². The van der Waals surface area contributed by atoms with Crippen LogP contribution < -0.4 is 0 Å². The molecular formula is C17H16F3N3O. The summed E-state index contributed by atoms with van der Waals surface area (Å²) in [6, 6.07) is 5.71. The van der Waals surface area contributed by atoms with Crippen LogP contribution in [0.4, 0.5) is 13.2 Å². The van der Waals surface area contributed by atoms with Crippen molar-refractivity contribution in [3.05, 3.63) is 59.2 Å². The van der Waals surface area contributed by atoms with Crippen molar-refractivity contribution in [3.8, 4) is 0 Å². The van der Waals surface area contributed by atoms with E-state index in [1.165, 1.54) is 13.0 Å². The molecule has 1 amide bonds. The van der Waals surface area contributed by atoms with E-state index in [-0.39, 0.29) is 23.2 Å². The van der Waals surface area contributed by atoms with Crippen LogP contribution in [0, 0.1) is 6.92 Å². The van der Waals surface area contributed by atoms with Crippen LogP contribution >= 0.6 is 0 Å². The van der Waals surface area contributed by atoms with Crippen LogP contribution in [-0.2, 0) is 6.18 Å². The first kappa shape index (κ1) is 16.4. The van der Waals surface area contributed by atoms with Crippen LogP contribution in [0.25, 0.3) is 0 Å². The van der Waals surface area contributed by atoms with E-state index in [9.17, 15) is 18.0 Å². The number of nitrogens with zero attached hydrogens (tertiary/aromatic N) is 3. The summed E-state index contributed by atoms with van der Waals surface area (Å²) in [6.45, 7) is 2.01. The number of aromatic nitrogens is 2. The maximum absolute atomic E-state index is 12.8. The number of hydrogen-bond donors (Lipinski definition) is 0. The van der Waals surface area contributed by atoms with Gasteiger partial charge in [0.1, 0.15) is 5.69 Å². The van der Waals surface area contributed by atoms with Gasteiger partial charge in [-0.15, -0.1) is 0 Å². The van der Waals surface area contributed by atoms with E-state index in [1.807, 2.05) is 12.1 Å². The summed E-state index contributed by atoms with van der Waals surface area (Å²) in [5.41, 5.74) is 0.302. The lowest BCUT2D eigenvalue weighted by molar-refractivity contribution is -0.141. The highest BCUT2D eigenvalue weighted by Gasteiger charge is 2.35. The fourth-order valence-corrected chi connectivity index (χ4v) is 3.04. The first-order valence-electron chi connectivity index (χ1n) is 7.63. The highest BCUT2D eigenvalue weighted by molar-refractivity contribution is 5.95. The molecule has 1 aliphatic rings. The SMILES string of the molecule is Cc1nc(C(F)(F)F)ccc1C(=O)N1CCCC1c1ccncc1. The molecule has 0 bridgehead atoms. The Kier molecular flexibility index (Phi) is 4.26. The summed E-state index contributed by atoms with van der Waals surface area (Å²) >= 11 is 0. The lowest BCUT2D eigenvalue weighted by Gasteiger charge is -2.25. The van der Waals surface area contributed by atoms with E-state index in [4.69, 9.17) is 0 Å². The number of pyridine rings is 2. The lowest BCUT2D eigenvalue weighted by atomic mass is 10.0. The number of likely N-dealkylation sites (tertiary alicyclic amines) is 1. The Morgan fingerprint density at radius 1 is 1.21 bits per heavy atom. The molecule has 0 spiro atoms. The summed E-state index contributed by atoms with van der Waals surface area (Å²) in [5.74, 6) is -0.284. The molecule has 2 aromatic rings. The van der Waals surface area contributed by atoms with Gasteiger partial charge in [0, 0.05) is 18.9 Å². The molecular weight excluding hydrogens is 319 g/mol. The molecule has 1 fully saturated rings. The van der Waals surface area contributed by atoms with Crippen LogP contribution in [0.15, 0.2) is 36.7 Å². The zero-order valence-corrected chi connectivity index (χ0v) is 13.0. The zero-order chi connectivity index (χ0) is 17.3. The van der Waals surface area contributed by atoms with Crippen LogP contribution in [0.2, 0.25) is 0 Å². The Bertz CT molecular complexity index is 746. The first-order chi connectivity index (χ1) is 11.4. The second kappa shape index (κ2) is 6.22. The van der Waals surface area contributed by atoms with E-state index >= 15 is 0 Å². The van der Waals surface area contributed by atoms with E-state index < -0.39 is 11.9 Å². The minimum Gasteiger partial charge on any atom is -0.332 e. The molecule has 7 heteroatoms. The van der Waals surface area contributed by atoms with Gasteiger partial charge in [-0.1, -0.05) is 0 Å². The molecule has 0 saturated carbocycles. The smallest absolute Gasteiger partial charge is 0.332 e. The third kappa shape index (κ3) is 3.11. The van der Waals surface area contributed by atoms with Crippen LogP contribution in [-0.4, -0.2) is 27.3 Å². The Balaban J connectivity index is 1.89. The molecule has 1 unspecified atom stereocenters. The van der Waals surface area contributed by atoms with Gasteiger partial charge in [0.25, 0.3) is 5.91 Å². The van der Waals surface area contributed by atoms with Crippen LogP contribution in [0.3, 0.4) is 0 Å². The maximum atomic E-state index is 12.8. The fourth-order valence-electron chi connectivity index (χ4n) is 3.04. The molecule has 1 aliphatic heterocycles. The van der Waals surface area contributed by atoms with Crippen molar-refractivity contribution in [1.29, 1.82) is 0 Å². The molecule has 4 nitrogen and oxygen atoms in total. The second-order valence-electron chi connectivity index (χ2n) is 5.76. The molecule has 126 valence electrons. The Hall–Kier alpha value is -2.44. The number of halogens is 3. The number of hydrogen-bond acceptors (Lipinski definition) is 3. The minimum absolute atomic E-state index is 0.0813. The van der Waals surface area contributed by atoms with E-state index in [1.54, 1.807) is 17.3 Å². The quantitative estimate of drug-likeness (QED) is 0.839. The van der Waals surface area contributed by atoms with E-state index in [0.29, 0.717) is 6.54 Å². The van der Waals surface area contributed by atoms with Crippen molar-refractivity contribution in [2.45, 2.75) is 32.0 Å². The topological polar surface area (TPSA) is 46.1 Å². The average Bonchev–Trinajstić information content (AvgIpc) is 3.03. The van der Waals surface area contributed by atoms with Crippen LogP contribution in [0.1, 0.15) is 46.2 Å². The molecule has 3 rings (SSSR count). The molecule has 1 atom stereocenters. The fraction of sp³-hybridized carbons (Fsp3) is 0.353. The number of carbonyl (C=O) groups is 1. The van der Waals surface area contributed by atoms with Gasteiger partial charge in [-0.2, -0.15) is 13.2 Å². The molecule has 1 saturated heterocycles. The van der Waals surface area contributed by atoms with Gasteiger partial charge in [-0.25, -0.2) is 4.98 Å². The third-order valence-electron chi connectivity index (χ3n) is 4.21. The summed E-state index contributed by atoms with van der Waals surface area (Å²) in [7, 11) is 0. The van der Waals surface area contributed by atoms with Crippen molar-refractivity contribution in [3.63, 3.8) is 0 Å². The summed E-state index contributed by atoms with van der Waals surface area (Å²) < 4.78 is 38.2. The van der Waals surface area contributed by atoms with Crippen molar-refractivity contribution in [2.75, 3.05) is 6.54 Å². The molecule has 24 heavy (non-hydrogen) atoms. The Morgan fingerprint density at radius 3 is 2.54 bits per heavy atom. The molecule has 0 radical (unpaired) electrons. The van der Waals surface area contributed by atoms with Crippen molar-refractivity contribution in [2.24, 2.45) is 0 Å². The second-order valence-corrected chi connectivity index (χ2v) is 5.76. The minimum atomic E-state index is -4.51. The number of rotatable bonds is 2. The van der Waals surface area contributed by atoms with E-state index in [2.05, 4.69) is 9.97 Å². The van der Waals surface area contributed by atoms with Gasteiger partial charge in [-0.05, 0) is 49.6 Å². The number of carbonyl (C=O) groups excluding carboxylic acids is 1. The number of aryl methyl sites for hydroxylation is 1. The molecule has 0 aromatic carbocycles. The molecule has 2 aromatic heterocycles. The highest BCUT2D eigenvalue weighted by atomic mass is 19.4. The number of amides is 1. The summed E-state index contributed by atoms with van der Waals surface area (Å²) in [5, 5.41) is 0. The summed E-state index contributed by atoms with van der Waals surface area (Å²) in [6.07, 6.45) is 0.497. The van der Waals surface area contributed by atoms with Gasteiger partial charge in [0.2, 0.25) is 0 Å². The Labute approximate surface area is 137 Å². The maximum Gasteiger partial charge on any atom is 0.433 e. The molecule has 3 heterocycles. The van der Waals surface area contributed by atoms with Gasteiger partial charge < -0.3 is 4.90 Å². The predicted octanol–water partition coefficient (Wildman–Crippen LogP) is 3.78. The largest absolute Gasteiger partial charge is 0.433 e. The van der Waals surface area contributed by atoms with Crippen molar-refractivity contribution < 1.29 is 18.0 Å². The Morgan fingerprint density at radius 2 is 1.92 bits per heavy atom. The highest BCUT2D eigenvalue weighted by Crippen LogP contribution is 2.34. The average molecular weight is 335 g/mol. The van der Waals surface area contributed by atoms with E-state index in [0.717, 1.165) is 24.5 Å². The normalized spacial score (nSPS) is 18.0. The monoisotopic (exact) mass is 335 g/mol.